The maximum atomic E-state index is 14.3. The molecule has 1 saturated carbocycles. The maximum absolute atomic E-state index is 14.3. The van der Waals surface area contributed by atoms with E-state index < -0.39 is 0 Å². The summed E-state index contributed by atoms with van der Waals surface area (Å²) < 4.78 is 16.0. The van der Waals surface area contributed by atoms with Crippen LogP contribution in [0.25, 0.3) is 5.78 Å². The fraction of sp³-hybridized carbons (Fsp3) is 0.500. The van der Waals surface area contributed by atoms with E-state index in [9.17, 15) is 9.18 Å². The first kappa shape index (κ1) is 24.0. The predicted octanol–water partition coefficient (Wildman–Crippen LogP) is 5.16. The van der Waals surface area contributed by atoms with Gasteiger partial charge in [0.1, 0.15) is 5.82 Å². The smallest absolute Gasteiger partial charge is 0.253 e. The molecule has 3 aromatic rings. The lowest BCUT2D eigenvalue weighted by Crippen LogP contribution is -2.44. The molecule has 3 atom stereocenters. The third kappa shape index (κ3) is 5.17. The standard InChI is InChI=1S/C24H29ClFN5OS/c1-13-7-5-10-21(14(13)2)28-22(32)12-33-24-29-23-27-15(3)17(16(4)31(23)30-24)11-18-19(25)8-6-9-20(18)26/h6,8-9,13-14,21H,5,7,10-12H2,1-4H3,(H,28,32)/t13-,14+,21+/m0/s1. The Hall–Kier alpha value is -2.19. The zero-order valence-electron chi connectivity index (χ0n) is 19.4. The molecule has 1 fully saturated rings. The van der Waals surface area contributed by atoms with Crippen molar-refractivity contribution < 1.29 is 9.18 Å². The molecule has 0 bridgehead atoms. The number of amides is 1. The number of benzene rings is 1. The number of rotatable bonds is 6. The monoisotopic (exact) mass is 489 g/mol. The summed E-state index contributed by atoms with van der Waals surface area (Å²) >= 11 is 7.53. The summed E-state index contributed by atoms with van der Waals surface area (Å²) in [7, 11) is 0. The van der Waals surface area contributed by atoms with Crippen LogP contribution >= 0.6 is 23.4 Å². The molecule has 6 nitrogen and oxygen atoms in total. The van der Waals surface area contributed by atoms with Crippen LogP contribution in [0.3, 0.4) is 0 Å². The van der Waals surface area contributed by atoms with Gasteiger partial charge in [-0.25, -0.2) is 13.9 Å². The van der Waals surface area contributed by atoms with Crippen molar-refractivity contribution in [2.75, 3.05) is 5.75 Å². The van der Waals surface area contributed by atoms with Gasteiger partial charge in [-0.1, -0.05) is 56.1 Å². The Bertz CT molecular complexity index is 1160. The zero-order chi connectivity index (χ0) is 23.7. The van der Waals surface area contributed by atoms with E-state index in [1.807, 2.05) is 13.8 Å². The van der Waals surface area contributed by atoms with Gasteiger partial charge in [0.25, 0.3) is 5.78 Å². The third-order valence-electron chi connectivity index (χ3n) is 6.83. The van der Waals surface area contributed by atoms with Crippen LogP contribution in [0.4, 0.5) is 4.39 Å². The molecule has 0 aliphatic heterocycles. The summed E-state index contributed by atoms with van der Waals surface area (Å²) in [5, 5.41) is 8.61. The lowest BCUT2D eigenvalue weighted by molar-refractivity contribution is -0.120. The second-order valence-corrected chi connectivity index (χ2v) is 10.3. The van der Waals surface area contributed by atoms with Crippen LogP contribution in [0.15, 0.2) is 23.4 Å². The second-order valence-electron chi connectivity index (χ2n) is 8.97. The Kier molecular flexibility index (Phi) is 7.24. The summed E-state index contributed by atoms with van der Waals surface area (Å²) in [4.78, 5) is 21.6. The van der Waals surface area contributed by atoms with E-state index in [0.717, 1.165) is 29.8 Å². The number of nitrogens with zero attached hydrogens (tertiary/aromatic N) is 4. The van der Waals surface area contributed by atoms with Gasteiger partial charge in [0.15, 0.2) is 0 Å². The van der Waals surface area contributed by atoms with Crippen molar-refractivity contribution in [2.45, 2.75) is 64.6 Å². The van der Waals surface area contributed by atoms with Crippen LogP contribution in [0.2, 0.25) is 5.02 Å². The molecule has 1 aliphatic rings. The highest BCUT2D eigenvalue weighted by molar-refractivity contribution is 7.99. The highest BCUT2D eigenvalue weighted by Crippen LogP contribution is 2.30. The zero-order valence-corrected chi connectivity index (χ0v) is 20.9. The number of hydrogen-bond donors (Lipinski definition) is 1. The fourth-order valence-electron chi connectivity index (χ4n) is 4.55. The van der Waals surface area contributed by atoms with Crippen molar-refractivity contribution in [3.8, 4) is 0 Å². The molecule has 33 heavy (non-hydrogen) atoms. The van der Waals surface area contributed by atoms with Crippen LogP contribution in [-0.2, 0) is 11.2 Å². The van der Waals surface area contributed by atoms with Crippen LogP contribution in [0.5, 0.6) is 0 Å². The van der Waals surface area contributed by atoms with E-state index in [1.54, 1.807) is 16.6 Å². The van der Waals surface area contributed by atoms with Crippen LogP contribution in [-0.4, -0.2) is 37.3 Å². The van der Waals surface area contributed by atoms with Crippen LogP contribution in [0, 0.1) is 31.5 Å². The van der Waals surface area contributed by atoms with Crippen molar-refractivity contribution in [1.82, 2.24) is 24.9 Å². The number of thioether (sulfide) groups is 1. The first-order valence-corrected chi connectivity index (χ1v) is 12.7. The Morgan fingerprint density at radius 2 is 2.03 bits per heavy atom. The number of aromatic nitrogens is 4. The SMILES string of the molecule is Cc1nc2nc(SCC(=O)N[C@@H]3CCC[C@H](C)[C@H]3C)nn2c(C)c1Cc1c(F)cccc1Cl. The summed E-state index contributed by atoms with van der Waals surface area (Å²) in [6.45, 7) is 8.25. The Morgan fingerprint density at radius 1 is 1.24 bits per heavy atom. The Labute approximate surface area is 202 Å². The molecule has 176 valence electrons. The summed E-state index contributed by atoms with van der Waals surface area (Å²) in [6.07, 6.45) is 3.73. The minimum absolute atomic E-state index is 0.000511. The Balaban J connectivity index is 1.48. The maximum Gasteiger partial charge on any atom is 0.253 e. The lowest BCUT2D eigenvalue weighted by Gasteiger charge is -2.34. The molecule has 0 spiro atoms. The summed E-state index contributed by atoms with van der Waals surface area (Å²) in [5.41, 5.74) is 2.87. The minimum atomic E-state index is -0.344. The van der Waals surface area contributed by atoms with Gasteiger partial charge >= 0.3 is 0 Å². The van der Waals surface area contributed by atoms with Crippen molar-refractivity contribution in [3.63, 3.8) is 0 Å². The molecule has 2 aromatic heterocycles. The van der Waals surface area contributed by atoms with Gasteiger partial charge in [0.05, 0.1) is 5.75 Å². The molecule has 0 radical (unpaired) electrons. The quantitative estimate of drug-likeness (QED) is 0.484. The molecule has 1 N–H and O–H groups in total. The number of carbonyl (C=O) groups is 1. The molecule has 1 amide bonds. The van der Waals surface area contributed by atoms with Crippen LogP contribution in [0.1, 0.15) is 55.6 Å². The lowest BCUT2D eigenvalue weighted by atomic mass is 9.78. The molecule has 9 heteroatoms. The highest BCUT2D eigenvalue weighted by Gasteiger charge is 2.28. The predicted molar refractivity (Wildman–Crippen MR) is 129 cm³/mol. The van der Waals surface area contributed by atoms with Crippen molar-refractivity contribution in [2.24, 2.45) is 11.8 Å². The number of aryl methyl sites for hydroxylation is 2. The van der Waals surface area contributed by atoms with E-state index in [2.05, 4.69) is 34.2 Å². The number of fused-ring (bicyclic) bond motifs is 1. The average Bonchev–Trinajstić information content (AvgIpc) is 3.18. The first-order chi connectivity index (χ1) is 15.7. The molecule has 0 unspecified atom stereocenters. The third-order valence-corrected chi connectivity index (χ3v) is 8.02. The Morgan fingerprint density at radius 3 is 2.79 bits per heavy atom. The van der Waals surface area contributed by atoms with Gasteiger partial charge in [-0.2, -0.15) is 4.98 Å². The molecule has 1 aromatic carbocycles. The fourth-order valence-corrected chi connectivity index (χ4v) is 5.41. The van der Waals surface area contributed by atoms with Gasteiger partial charge in [0.2, 0.25) is 11.1 Å². The first-order valence-electron chi connectivity index (χ1n) is 11.3. The number of nitrogens with one attached hydrogen (secondary N) is 1. The normalized spacial score (nSPS) is 20.8. The van der Waals surface area contributed by atoms with Crippen LogP contribution < -0.4 is 5.32 Å². The van der Waals surface area contributed by atoms with E-state index in [-0.39, 0.29) is 23.5 Å². The molecule has 4 rings (SSSR count). The topological polar surface area (TPSA) is 72.2 Å². The second kappa shape index (κ2) is 9.97. The summed E-state index contributed by atoms with van der Waals surface area (Å²) in [5.74, 6) is 1.49. The van der Waals surface area contributed by atoms with E-state index >= 15 is 0 Å². The summed E-state index contributed by atoms with van der Waals surface area (Å²) in [6, 6.07) is 4.91. The van der Waals surface area contributed by atoms with Crippen molar-refractivity contribution in [3.05, 3.63) is 51.6 Å². The van der Waals surface area contributed by atoms with E-state index in [1.165, 1.54) is 24.2 Å². The minimum Gasteiger partial charge on any atom is -0.352 e. The average molecular weight is 490 g/mol. The van der Waals surface area contributed by atoms with Gasteiger partial charge in [0, 0.05) is 34.4 Å². The number of halogens is 2. The molecular formula is C24H29ClFN5OS. The van der Waals surface area contributed by atoms with Crippen molar-refractivity contribution >= 4 is 35.0 Å². The van der Waals surface area contributed by atoms with Crippen molar-refractivity contribution in [1.29, 1.82) is 0 Å². The van der Waals surface area contributed by atoms with E-state index in [4.69, 9.17) is 11.6 Å². The molecule has 1 aliphatic carbocycles. The van der Waals surface area contributed by atoms with E-state index in [0.29, 0.717) is 39.8 Å². The number of carbonyl (C=O) groups excluding carboxylic acids is 1. The molecular weight excluding hydrogens is 461 g/mol. The van der Waals surface area contributed by atoms with Gasteiger partial charge < -0.3 is 5.32 Å². The largest absolute Gasteiger partial charge is 0.352 e. The van der Waals surface area contributed by atoms with Gasteiger partial charge in [-0.15, -0.1) is 5.10 Å². The molecule has 0 saturated heterocycles. The number of hydrogen-bond acceptors (Lipinski definition) is 5. The van der Waals surface area contributed by atoms with Gasteiger partial charge in [-0.05, 0) is 49.8 Å². The van der Waals surface area contributed by atoms with Gasteiger partial charge in [-0.3, -0.25) is 4.79 Å². The highest BCUT2D eigenvalue weighted by atomic mass is 35.5. The molecule has 2 heterocycles.